The predicted octanol–water partition coefficient (Wildman–Crippen LogP) is 5.51. The summed E-state index contributed by atoms with van der Waals surface area (Å²) >= 11 is 9.60. The lowest BCUT2D eigenvalue weighted by Crippen LogP contribution is -2.40. The molecule has 0 radical (unpaired) electrons. The van der Waals surface area contributed by atoms with Crippen molar-refractivity contribution in [1.29, 1.82) is 0 Å². The summed E-state index contributed by atoms with van der Waals surface area (Å²) in [6.45, 7) is 2.01. The smallest absolute Gasteiger partial charge is 0.0279 e. The van der Waals surface area contributed by atoms with E-state index in [4.69, 9.17) is 11.8 Å². The van der Waals surface area contributed by atoms with Crippen LogP contribution in [0.15, 0.2) is 30.3 Å². The Morgan fingerprint density at radius 3 is 1.65 bits per heavy atom. The number of rotatable bonds is 3. The van der Waals surface area contributed by atoms with Crippen LogP contribution < -0.4 is 10.6 Å². The molecule has 1 aromatic carbocycles. The van der Waals surface area contributed by atoms with Gasteiger partial charge in [0.25, 0.3) is 0 Å². The summed E-state index contributed by atoms with van der Waals surface area (Å²) in [6.07, 6.45) is 14.6. The van der Waals surface area contributed by atoms with Crippen LogP contribution in [0.25, 0.3) is 0 Å². The fourth-order valence-corrected chi connectivity index (χ4v) is 5.07. The maximum Gasteiger partial charge on any atom is 0.0279 e. The zero-order valence-electron chi connectivity index (χ0n) is 14.4. The number of nitrogens with one attached hydrogen (secondary N) is 1. The topological polar surface area (TPSA) is 12.0 Å². The molecule has 2 aliphatic carbocycles. The molecule has 130 valence electrons. The molecule has 1 aromatic rings. The second-order valence-electron chi connectivity index (χ2n) is 7.05. The van der Waals surface area contributed by atoms with Gasteiger partial charge in [-0.2, -0.15) is 0 Å². The number of hydrogen-bond donors (Lipinski definition) is 2. The molecule has 2 saturated carbocycles. The van der Waals surface area contributed by atoms with Gasteiger partial charge < -0.3 is 5.32 Å². The van der Waals surface area contributed by atoms with Crippen LogP contribution >= 0.6 is 17.5 Å². The first kappa shape index (κ1) is 19.5. The third-order valence-electron chi connectivity index (χ3n) is 4.92. The number of hydrogen-bond acceptors (Lipinski definition) is 2. The molecule has 0 amide bonds. The van der Waals surface area contributed by atoms with Crippen LogP contribution in [0.3, 0.4) is 0 Å². The van der Waals surface area contributed by atoms with Gasteiger partial charge in [0.1, 0.15) is 0 Å². The average molecular weight is 370 g/mol. The van der Waals surface area contributed by atoms with Crippen LogP contribution in [0.5, 0.6) is 0 Å². The largest absolute Gasteiger partial charge is 0.311 e. The van der Waals surface area contributed by atoms with Crippen LogP contribution in [0.2, 0.25) is 0 Å². The summed E-state index contributed by atoms with van der Waals surface area (Å²) in [5.41, 5.74) is 0. The zero-order valence-corrected chi connectivity index (χ0v) is 17.0. The fourth-order valence-electron chi connectivity index (χ4n) is 3.58. The molecule has 4 heteroatoms. The van der Waals surface area contributed by atoms with Gasteiger partial charge in [0.05, 0.1) is 0 Å². The highest BCUT2D eigenvalue weighted by molar-refractivity contribution is 8.65. The van der Waals surface area contributed by atoms with E-state index in [1.807, 2.05) is 37.0 Å². The average Bonchev–Trinajstić information content (AvgIpc) is 2.57. The Hall–Kier alpha value is 0.180. The molecule has 2 fully saturated rings. The van der Waals surface area contributed by atoms with Crippen molar-refractivity contribution in [3.8, 4) is 0 Å². The highest BCUT2D eigenvalue weighted by Gasteiger charge is 2.19. The molecule has 0 aromatic heterocycles. The Morgan fingerprint density at radius 2 is 1.30 bits per heavy atom. The summed E-state index contributed by atoms with van der Waals surface area (Å²) in [7, 11) is 0. The minimum absolute atomic E-state index is 0.872. The van der Waals surface area contributed by atoms with Gasteiger partial charge in [-0.1, -0.05) is 80.7 Å². The molecule has 0 spiro atoms. The zero-order chi connectivity index (χ0) is 16.5. The summed E-state index contributed by atoms with van der Waals surface area (Å²) in [6, 6.07) is 11.8. The Morgan fingerprint density at radius 1 is 0.870 bits per heavy atom. The van der Waals surface area contributed by atoms with Crippen molar-refractivity contribution in [2.24, 2.45) is 0 Å². The van der Waals surface area contributed by atoms with Crippen molar-refractivity contribution < 1.29 is 0 Å². The van der Waals surface area contributed by atoms with Crippen molar-refractivity contribution in [3.63, 3.8) is 0 Å². The monoisotopic (exact) mass is 369 g/mol. The van der Waals surface area contributed by atoms with Crippen LogP contribution in [-0.2, 0) is 11.8 Å². The van der Waals surface area contributed by atoms with E-state index in [0.717, 1.165) is 12.1 Å². The third kappa shape index (κ3) is 7.73. The first-order chi connectivity index (χ1) is 11.1. The predicted molar refractivity (Wildman–Crippen MR) is 112 cm³/mol. The van der Waals surface area contributed by atoms with E-state index < -0.39 is 5.24 Å². The summed E-state index contributed by atoms with van der Waals surface area (Å²) in [5, 5.41) is 3.56. The van der Waals surface area contributed by atoms with Crippen LogP contribution in [0.1, 0.15) is 64.2 Å². The molecule has 1 unspecified atom stereocenters. The van der Waals surface area contributed by atoms with Gasteiger partial charge >= 0.3 is 0 Å². The lowest BCUT2D eigenvalue weighted by Gasteiger charge is -2.30. The van der Waals surface area contributed by atoms with E-state index in [1.54, 1.807) is 0 Å². The maximum absolute atomic E-state index is 5.23. The van der Waals surface area contributed by atoms with Gasteiger partial charge in [0.2, 0.25) is 0 Å². The maximum atomic E-state index is 5.23. The normalized spacial score (nSPS) is 22.7. The first-order valence-electron chi connectivity index (χ1n) is 9.17. The number of thiol groups is 1. The van der Waals surface area contributed by atoms with E-state index in [-0.39, 0.29) is 0 Å². The van der Waals surface area contributed by atoms with E-state index in [9.17, 15) is 0 Å². The molecule has 0 aliphatic heterocycles. The highest BCUT2D eigenvalue weighted by Crippen LogP contribution is 2.44. The second kappa shape index (κ2) is 10.2. The van der Waals surface area contributed by atoms with Gasteiger partial charge in [-0.25, -0.2) is 0 Å². The number of benzene rings is 1. The van der Waals surface area contributed by atoms with Crippen molar-refractivity contribution in [3.05, 3.63) is 30.3 Å². The Bertz CT molecular complexity index is 457. The van der Waals surface area contributed by atoms with Gasteiger partial charge in [0.15, 0.2) is 0 Å². The summed E-state index contributed by atoms with van der Waals surface area (Å²) in [4.78, 5) is 0. The molecule has 1 N–H and O–H groups in total. The third-order valence-corrected chi connectivity index (χ3v) is 7.50. The quantitative estimate of drug-likeness (QED) is 0.538. The lowest BCUT2D eigenvalue weighted by molar-refractivity contribution is 0.291. The standard InChI is InChI=1S/C12H23N.C7H9PS2/c1-3-7-11(8-4-1)13-12-9-5-2-6-10-12;1-8(9,10)7-5-3-2-4-6-7/h11-13H,1-10H2;2-6H,1H3,(H,9,10). The Balaban J connectivity index is 0.000000174. The summed E-state index contributed by atoms with van der Waals surface area (Å²) < 4.78 is 0. The van der Waals surface area contributed by atoms with Gasteiger partial charge in [-0.05, 0) is 37.7 Å². The molecule has 0 bridgehead atoms. The van der Waals surface area contributed by atoms with E-state index in [0.29, 0.717) is 0 Å². The molecule has 0 saturated heterocycles. The molecular weight excluding hydrogens is 337 g/mol. The lowest BCUT2D eigenvalue weighted by atomic mass is 9.91. The van der Waals surface area contributed by atoms with E-state index >= 15 is 0 Å². The fraction of sp³-hybridized carbons (Fsp3) is 0.684. The highest BCUT2D eigenvalue weighted by atomic mass is 32.9. The van der Waals surface area contributed by atoms with Crippen molar-refractivity contribution in [2.45, 2.75) is 76.3 Å². The van der Waals surface area contributed by atoms with Gasteiger partial charge in [-0.3, -0.25) is 0 Å². The molecule has 2 aliphatic rings. The second-order valence-corrected chi connectivity index (χ2v) is 14.7. The van der Waals surface area contributed by atoms with Crippen LogP contribution in [0, 0.1) is 0 Å². The first-order valence-corrected chi connectivity index (χ1v) is 13.6. The molecule has 1 nitrogen and oxygen atoms in total. The van der Waals surface area contributed by atoms with Gasteiger partial charge in [-0.15, -0.1) is 12.2 Å². The minimum atomic E-state index is -1.49. The molecule has 0 heterocycles. The molecular formula is C19H32NPS2. The Labute approximate surface area is 153 Å². The van der Waals surface area contributed by atoms with E-state index in [1.165, 1.54) is 69.5 Å². The molecule has 3 rings (SSSR count). The van der Waals surface area contributed by atoms with Gasteiger partial charge in [0, 0.05) is 17.3 Å². The van der Waals surface area contributed by atoms with Crippen molar-refractivity contribution in [2.75, 3.05) is 6.66 Å². The van der Waals surface area contributed by atoms with Crippen molar-refractivity contribution >= 4 is 34.6 Å². The van der Waals surface area contributed by atoms with Crippen LogP contribution in [0.4, 0.5) is 0 Å². The SMILES string of the molecule is C1CCC(NC2CCCCC2)CC1.CP(=S)(S)c1ccccc1. The molecule has 1 atom stereocenters. The minimum Gasteiger partial charge on any atom is -0.311 e. The van der Waals surface area contributed by atoms with Crippen LogP contribution in [-0.4, -0.2) is 18.7 Å². The van der Waals surface area contributed by atoms with Crippen molar-refractivity contribution in [1.82, 2.24) is 5.32 Å². The summed E-state index contributed by atoms with van der Waals surface area (Å²) in [5.74, 6) is 0. The Kier molecular flexibility index (Phi) is 8.68. The van der Waals surface area contributed by atoms with E-state index in [2.05, 4.69) is 17.6 Å². The molecule has 23 heavy (non-hydrogen) atoms.